The van der Waals surface area contributed by atoms with E-state index < -0.39 is 0 Å². The molecule has 1 heterocycles. The van der Waals surface area contributed by atoms with Gasteiger partial charge in [-0.15, -0.1) is 0 Å². The van der Waals surface area contributed by atoms with E-state index in [1.807, 2.05) is 42.5 Å². The molecule has 1 aliphatic heterocycles. The van der Waals surface area contributed by atoms with Crippen LogP contribution in [0.15, 0.2) is 53.0 Å². The van der Waals surface area contributed by atoms with Crippen LogP contribution >= 0.6 is 15.9 Å². The van der Waals surface area contributed by atoms with Gasteiger partial charge in [0.1, 0.15) is 12.4 Å². The molecule has 0 radical (unpaired) electrons. The van der Waals surface area contributed by atoms with Crippen molar-refractivity contribution in [3.8, 4) is 5.75 Å². The first-order valence-electron chi connectivity index (χ1n) is 8.77. The van der Waals surface area contributed by atoms with Gasteiger partial charge in [-0.25, -0.2) is 0 Å². The molecule has 1 fully saturated rings. The lowest BCUT2D eigenvalue weighted by atomic mass is 10.2. The van der Waals surface area contributed by atoms with Gasteiger partial charge < -0.3 is 14.8 Å². The van der Waals surface area contributed by atoms with Gasteiger partial charge >= 0.3 is 0 Å². The Bertz CT molecular complexity index is 733. The fraction of sp³-hybridized carbons (Fsp3) is 0.350. The number of nitrogens with one attached hydrogen (secondary N) is 1. The molecule has 0 aliphatic carbocycles. The average Bonchev–Trinajstić information content (AvgIpc) is 2.67. The van der Waals surface area contributed by atoms with E-state index in [4.69, 9.17) is 9.47 Å². The third kappa shape index (κ3) is 5.56. The first-order chi connectivity index (χ1) is 12.7. The predicted molar refractivity (Wildman–Crippen MR) is 105 cm³/mol. The number of para-hydroxylation sites is 1. The van der Waals surface area contributed by atoms with Crippen molar-refractivity contribution in [2.45, 2.75) is 6.61 Å². The molecule has 1 saturated heterocycles. The number of ether oxygens (including phenoxy) is 2. The third-order valence-electron chi connectivity index (χ3n) is 4.23. The molecule has 26 heavy (non-hydrogen) atoms. The molecule has 1 aliphatic rings. The predicted octanol–water partition coefficient (Wildman–Crippen LogP) is 3.09. The van der Waals surface area contributed by atoms with Gasteiger partial charge in [-0.05, 0) is 29.8 Å². The molecular weight excluding hydrogens is 396 g/mol. The summed E-state index contributed by atoms with van der Waals surface area (Å²) in [7, 11) is 0. The number of halogens is 1. The Morgan fingerprint density at radius 3 is 2.77 bits per heavy atom. The molecule has 0 saturated carbocycles. The summed E-state index contributed by atoms with van der Waals surface area (Å²) in [6, 6.07) is 15.3. The lowest BCUT2D eigenvalue weighted by Gasteiger charge is -2.26. The van der Waals surface area contributed by atoms with Crippen LogP contribution in [0.1, 0.15) is 15.9 Å². The highest BCUT2D eigenvalue weighted by Crippen LogP contribution is 2.20. The molecule has 6 heteroatoms. The third-order valence-corrected chi connectivity index (χ3v) is 4.73. The van der Waals surface area contributed by atoms with Gasteiger partial charge in [-0.2, -0.15) is 0 Å². The minimum absolute atomic E-state index is 0.108. The first-order valence-corrected chi connectivity index (χ1v) is 9.56. The van der Waals surface area contributed by atoms with Gasteiger partial charge in [0.25, 0.3) is 5.91 Å². The Morgan fingerprint density at radius 1 is 1.15 bits per heavy atom. The summed E-state index contributed by atoms with van der Waals surface area (Å²) in [6.45, 7) is 5.22. The second-order valence-corrected chi connectivity index (χ2v) is 7.04. The van der Waals surface area contributed by atoms with E-state index >= 15 is 0 Å². The van der Waals surface area contributed by atoms with Crippen LogP contribution in [0.3, 0.4) is 0 Å². The van der Waals surface area contributed by atoms with E-state index in [0.717, 1.165) is 42.9 Å². The topological polar surface area (TPSA) is 50.8 Å². The largest absolute Gasteiger partial charge is 0.488 e. The van der Waals surface area contributed by atoms with Gasteiger partial charge in [0.05, 0.1) is 18.8 Å². The molecular formula is C20H23BrN2O3. The zero-order valence-electron chi connectivity index (χ0n) is 14.6. The molecule has 0 aromatic heterocycles. The molecule has 138 valence electrons. The molecule has 2 aromatic carbocycles. The van der Waals surface area contributed by atoms with Crippen LogP contribution in [0.4, 0.5) is 0 Å². The summed E-state index contributed by atoms with van der Waals surface area (Å²) < 4.78 is 12.2. The lowest BCUT2D eigenvalue weighted by molar-refractivity contribution is 0.0383. The highest BCUT2D eigenvalue weighted by atomic mass is 79.9. The van der Waals surface area contributed by atoms with E-state index in [9.17, 15) is 4.79 Å². The zero-order valence-corrected chi connectivity index (χ0v) is 16.2. The van der Waals surface area contributed by atoms with Crippen molar-refractivity contribution >= 4 is 21.8 Å². The van der Waals surface area contributed by atoms with Crippen LogP contribution in [0.2, 0.25) is 0 Å². The molecule has 0 atom stereocenters. The van der Waals surface area contributed by atoms with Crippen molar-refractivity contribution in [3.63, 3.8) is 0 Å². The molecule has 2 aromatic rings. The number of hydrogen-bond donors (Lipinski definition) is 1. The van der Waals surface area contributed by atoms with Crippen LogP contribution in [-0.2, 0) is 11.3 Å². The maximum atomic E-state index is 12.5. The van der Waals surface area contributed by atoms with Crippen molar-refractivity contribution in [2.24, 2.45) is 0 Å². The lowest BCUT2D eigenvalue weighted by Crippen LogP contribution is -2.41. The van der Waals surface area contributed by atoms with Gasteiger partial charge in [-0.3, -0.25) is 9.69 Å². The molecule has 3 rings (SSSR count). The molecule has 0 unspecified atom stereocenters. The number of nitrogens with zero attached hydrogens (tertiary/aromatic N) is 1. The number of morpholine rings is 1. The summed E-state index contributed by atoms with van der Waals surface area (Å²) in [6.07, 6.45) is 0. The average molecular weight is 419 g/mol. The smallest absolute Gasteiger partial charge is 0.255 e. The highest BCUT2D eigenvalue weighted by molar-refractivity contribution is 9.10. The fourth-order valence-corrected chi connectivity index (χ4v) is 3.26. The molecule has 0 bridgehead atoms. The van der Waals surface area contributed by atoms with Gasteiger partial charge in [-0.1, -0.05) is 40.2 Å². The Hall–Kier alpha value is -1.89. The van der Waals surface area contributed by atoms with E-state index in [2.05, 4.69) is 26.1 Å². The van der Waals surface area contributed by atoms with Gasteiger partial charge in [0.2, 0.25) is 0 Å². The molecule has 5 nitrogen and oxygen atoms in total. The van der Waals surface area contributed by atoms with E-state index in [-0.39, 0.29) is 5.91 Å². The normalized spacial score (nSPS) is 14.8. The van der Waals surface area contributed by atoms with E-state index in [1.54, 1.807) is 6.07 Å². The van der Waals surface area contributed by atoms with Crippen LogP contribution in [-0.4, -0.2) is 50.2 Å². The van der Waals surface area contributed by atoms with Crippen LogP contribution < -0.4 is 10.1 Å². The summed E-state index contributed by atoms with van der Waals surface area (Å²) in [5.41, 5.74) is 1.60. The van der Waals surface area contributed by atoms with Crippen molar-refractivity contribution in [1.29, 1.82) is 0 Å². The second-order valence-electron chi connectivity index (χ2n) is 6.12. The second kappa shape index (κ2) is 9.71. The first kappa shape index (κ1) is 18.9. The van der Waals surface area contributed by atoms with Crippen molar-refractivity contribution < 1.29 is 14.3 Å². The number of benzene rings is 2. The van der Waals surface area contributed by atoms with E-state index in [0.29, 0.717) is 24.5 Å². The Morgan fingerprint density at radius 2 is 1.96 bits per heavy atom. The Balaban J connectivity index is 1.54. The van der Waals surface area contributed by atoms with Crippen LogP contribution in [0, 0.1) is 0 Å². The monoisotopic (exact) mass is 418 g/mol. The number of rotatable bonds is 7. The molecule has 1 N–H and O–H groups in total. The summed E-state index contributed by atoms with van der Waals surface area (Å²) in [4.78, 5) is 14.8. The number of carbonyl (C=O) groups is 1. The van der Waals surface area contributed by atoms with Crippen LogP contribution in [0.25, 0.3) is 0 Å². The maximum absolute atomic E-state index is 12.5. The van der Waals surface area contributed by atoms with Crippen molar-refractivity contribution in [2.75, 3.05) is 39.4 Å². The summed E-state index contributed by atoms with van der Waals surface area (Å²) in [5, 5.41) is 2.99. The van der Waals surface area contributed by atoms with Crippen LogP contribution in [0.5, 0.6) is 5.75 Å². The number of amides is 1. The minimum atomic E-state index is -0.108. The Labute approximate surface area is 162 Å². The zero-order chi connectivity index (χ0) is 18.2. The number of hydrogen-bond acceptors (Lipinski definition) is 4. The van der Waals surface area contributed by atoms with Crippen molar-refractivity contribution in [3.05, 3.63) is 64.1 Å². The van der Waals surface area contributed by atoms with Gasteiger partial charge in [0, 0.05) is 30.7 Å². The standard InChI is InChI=1S/C20H23BrN2O3/c21-17-5-3-4-16(14-17)15-26-19-7-2-1-6-18(19)20(24)22-8-9-23-10-12-25-13-11-23/h1-7,14H,8-13,15H2,(H,22,24). The highest BCUT2D eigenvalue weighted by Gasteiger charge is 2.14. The number of carbonyl (C=O) groups excluding carboxylic acids is 1. The maximum Gasteiger partial charge on any atom is 0.255 e. The van der Waals surface area contributed by atoms with E-state index in [1.165, 1.54) is 0 Å². The van der Waals surface area contributed by atoms with Crippen molar-refractivity contribution in [1.82, 2.24) is 10.2 Å². The Kier molecular flexibility index (Phi) is 7.05. The quantitative estimate of drug-likeness (QED) is 0.750. The summed E-state index contributed by atoms with van der Waals surface area (Å²) >= 11 is 3.46. The SMILES string of the molecule is O=C(NCCN1CCOCC1)c1ccccc1OCc1cccc(Br)c1. The fourth-order valence-electron chi connectivity index (χ4n) is 2.82. The summed E-state index contributed by atoms with van der Waals surface area (Å²) in [5.74, 6) is 0.486. The minimum Gasteiger partial charge on any atom is -0.488 e. The van der Waals surface area contributed by atoms with Gasteiger partial charge in [0.15, 0.2) is 0 Å². The molecule has 1 amide bonds. The molecule has 0 spiro atoms.